The fourth-order valence-electron chi connectivity index (χ4n) is 3.40. The molecule has 1 saturated heterocycles. The molecule has 1 fully saturated rings. The van der Waals surface area contributed by atoms with Crippen LogP contribution >= 0.6 is 11.3 Å². The Kier molecular flexibility index (Phi) is 4.92. The van der Waals surface area contributed by atoms with Crippen LogP contribution in [0.4, 0.5) is 0 Å². The molecule has 28 heavy (non-hydrogen) atoms. The van der Waals surface area contributed by atoms with Gasteiger partial charge in [0.2, 0.25) is 0 Å². The number of para-hydroxylation sites is 1. The highest BCUT2D eigenvalue weighted by molar-refractivity contribution is 7.21. The third kappa shape index (κ3) is 3.41. The first kappa shape index (κ1) is 18.3. The van der Waals surface area contributed by atoms with E-state index in [1.165, 1.54) is 11.3 Å². The summed E-state index contributed by atoms with van der Waals surface area (Å²) >= 11 is 1.23. The van der Waals surface area contributed by atoms with Gasteiger partial charge in [0, 0.05) is 31.2 Å². The number of piperazine rings is 1. The average molecular weight is 393 g/mol. The van der Waals surface area contributed by atoms with Gasteiger partial charge in [-0.15, -0.1) is 11.3 Å². The molecule has 3 aromatic rings. The first-order valence-electron chi connectivity index (χ1n) is 9.10. The topological polar surface area (TPSA) is 70.6 Å². The molecule has 7 heteroatoms. The van der Waals surface area contributed by atoms with Crippen LogP contribution in [0.25, 0.3) is 10.2 Å². The van der Waals surface area contributed by atoms with Crippen LogP contribution in [-0.4, -0.2) is 58.1 Å². The van der Waals surface area contributed by atoms with E-state index in [0.717, 1.165) is 10.2 Å². The fourth-order valence-corrected chi connectivity index (χ4v) is 4.30. The molecule has 1 aliphatic rings. The Bertz CT molecular complexity index is 1010. The minimum Gasteiger partial charge on any atom is -0.335 e. The van der Waals surface area contributed by atoms with Crippen molar-refractivity contribution in [2.24, 2.45) is 0 Å². The Morgan fingerprint density at radius 2 is 1.71 bits per heavy atom. The minimum absolute atomic E-state index is 0.0583. The molecule has 0 radical (unpaired) electrons. The van der Waals surface area contributed by atoms with E-state index in [0.29, 0.717) is 25.2 Å². The lowest BCUT2D eigenvalue weighted by molar-refractivity contribution is -0.130. The molecule has 0 unspecified atom stereocenters. The largest absolute Gasteiger partial charge is 0.335 e. The third-order valence-corrected chi connectivity index (χ3v) is 5.91. The molecular formula is C21H19N3O3S. The van der Waals surface area contributed by atoms with Crippen molar-refractivity contribution in [2.45, 2.75) is 13.0 Å². The van der Waals surface area contributed by atoms with E-state index < -0.39 is 11.7 Å². The molecule has 1 atom stereocenters. The normalized spacial score (nSPS) is 17.0. The van der Waals surface area contributed by atoms with E-state index in [1.54, 1.807) is 21.9 Å². The SMILES string of the molecule is C[C@@H]1CN(C(=O)c2ccccc2)CCN1C(=O)C(=O)c1nc2ccccc2s1. The van der Waals surface area contributed by atoms with Crippen molar-refractivity contribution < 1.29 is 14.4 Å². The van der Waals surface area contributed by atoms with Gasteiger partial charge in [-0.05, 0) is 31.2 Å². The number of hydrogen-bond acceptors (Lipinski definition) is 5. The Balaban J connectivity index is 1.46. The van der Waals surface area contributed by atoms with Gasteiger partial charge in [-0.1, -0.05) is 30.3 Å². The molecular weight excluding hydrogens is 374 g/mol. The van der Waals surface area contributed by atoms with Gasteiger partial charge in [0.05, 0.1) is 10.2 Å². The summed E-state index contributed by atoms with van der Waals surface area (Å²) in [5.74, 6) is -1.20. The number of rotatable bonds is 3. The Hall–Kier alpha value is -3.06. The van der Waals surface area contributed by atoms with Gasteiger partial charge < -0.3 is 9.80 Å². The van der Waals surface area contributed by atoms with Crippen LogP contribution in [-0.2, 0) is 4.79 Å². The summed E-state index contributed by atoms with van der Waals surface area (Å²) < 4.78 is 0.880. The van der Waals surface area contributed by atoms with E-state index in [-0.39, 0.29) is 17.0 Å². The number of fused-ring (bicyclic) bond motifs is 1. The van der Waals surface area contributed by atoms with Crippen LogP contribution in [0.3, 0.4) is 0 Å². The number of amides is 2. The highest BCUT2D eigenvalue weighted by atomic mass is 32.1. The Morgan fingerprint density at radius 1 is 1.00 bits per heavy atom. The smallest absolute Gasteiger partial charge is 0.297 e. The summed E-state index contributed by atoms with van der Waals surface area (Å²) in [6, 6.07) is 16.3. The zero-order chi connectivity index (χ0) is 19.7. The van der Waals surface area contributed by atoms with Gasteiger partial charge in [-0.2, -0.15) is 0 Å². The van der Waals surface area contributed by atoms with E-state index >= 15 is 0 Å². The van der Waals surface area contributed by atoms with E-state index in [4.69, 9.17) is 0 Å². The second-order valence-electron chi connectivity index (χ2n) is 6.78. The lowest BCUT2D eigenvalue weighted by Crippen LogP contribution is -2.56. The number of carbonyl (C=O) groups is 3. The first-order chi connectivity index (χ1) is 13.5. The quantitative estimate of drug-likeness (QED) is 0.507. The van der Waals surface area contributed by atoms with Crippen molar-refractivity contribution in [3.63, 3.8) is 0 Å². The maximum absolute atomic E-state index is 12.8. The molecule has 4 rings (SSSR count). The van der Waals surface area contributed by atoms with Gasteiger partial charge in [-0.3, -0.25) is 14.4 Å². The van der Waals surface area contributed by atoms with Crippen LogP contribution in [0.2, 0.25) is 0 Å². The molecule has 0 saturated carbocycles. The molecule has 0 bridgehead atoms. The maximum Gasteiger partial charge on any atom is 0.297 e. The lowest BCUT2D eigenvalue weighted by Gasteiger charge is -2.39. The van der Waals surface area contributed by atoms with Gasteiger partial charge in [0.1, 0.15) is 0 Å². The molecule has 1 aromatic heterocycles. The number of carbonyl (C=O) groups excluding carboxylic acids is 3. The highest BCUT2D eigenvalue weighted by Crippen LogP contribution is 2.23. The van der Waals surface area contributed by atoms with Crippen LogP contribution in [0, 0.1) is 0 Å². The predicted octanol–water partition coefficient (Wildman–Crippen LogP) is 2.85. The number of aromatic nitrogens is 1. The van der Waals surface area contributed by atoms with Crippen molar-refractivity contribution in [2.75, 3.05) is 19.6 Å². The van der Waals surface area contributed by atoms with Crippen molar-refractivity contribution >= 4 is 39.2 Å². The molecule has 2 aromatic carbocycles. The number of ketones is 1. The van der Waals surface area contributed by atoms with Crippen molar-refractivity contribution in [1.82, 2.24) is 14.8 Å². The van der Waals surface area contributed by atoms with Gasteiger partial charge >= 0.3 is 0 Å². The van der Waals surface area contributed by atoms with Crippen molar-refractivity contribution in [3.8, 4) is 0 Å². The number of thiazole rings is 1. The van der Waals surface area contributed by atoms with Crippen molar-refractivity contribution in [1.29, 1.82) is 0 Å². The van der Waals surface area contributed by atoms with E-state index in [9.17, 15) is 14.4 Å². The molecule has 142 valence electrons. The molecule has 2 amide bonds. The second kappa shape index (κ2) is 7.52. The monoisotopic (exact) mass is 393 g/mol. The van der Waals surface area contributed by atoms with Gasteiger partial charge in [-0.25, -0.2) is 4.98 Å². The van der Waals surface area contributed by atoms with Gasteiger partial charge in [0.15, 0.2) is 5.01 Å². The summed E-state index contributed by atoms with van der Waals surface area (Å²) in [4.78, 5) is 45.6. The second-order valence-corrected chi connectivity index (χ2v) is 7.81. The summed E-state index contributed by atoms with van der Waals surface area (Å²) in [5, 5.41) is 0.209. The number of nitrogens with zero attached hydrogens (tertiary/aromatic N) is 3. The summed E-state index contributed by atoms with van der Waals surface area (Å²) in [6.07, 6.45) is 0. The van der Waals surface area contributed by atoms with E-state index in [1.807, 2.05) is 49.4 Å². The number of benzene rings is 2. The highest BCUT2D eigenvalue weighted by Gasteiger charge is 2.34. The zero-order valence-electron chi connectivity index (χ0n) is 15.4. The molecule has 2 heterocycles. The summed E-state index contributed by atoms with van der Waals surface area (Å²) in [5.41, 5.74) is 1.34. The maximum atomic E-state index is 12.8. The molecule has 0 N–H and O–H groups in total. The van der Waals surface area contributed by atoms with Crippen LogP contribution < -0.4 is 0 Å². The Morgan fingerprint density at radius 3 is 2.43 bits per heavy atom. The lowest BCUT2D eigenvalue weighted by atomic mass is 10.1. The van der Waals surface area contributed by atoms with E-state index in [2.05, 4.69) is 4.98 Å². The van der Waals surface area contributed by atoms with Crippen LogP contribution in [0.5, 0.6) is 0 Å². The molecule has 0 spiro atoms. The minimum atomic E-state index is -0.587. The fraction of sp³-hybridized carbons (Fsp3) is 0.238. The van der Waals surface area contributed by atoms with Gasteiger partial charge in [0.25, 0.3) is 17.6 Å². The Labute approximate surface area is 166 Å². The average Bonchev–Trinajstić information content (AvgIpc) is 3.17. The van der Waals surface area contributed by atoms with Crippen molar-refractivity contribution in [3.05, 3.63) is 65.2 Å². The standard InChI is InChI=1S/C21H19N3O3S/c1-14-13-23(20(26)15-7-3-2-4-8-15)11-12-24(14)21(27)18(25)19-22-16-9-5-6-10-17(16)28-19/h2-10,14H,11-13H2,1H3/t14-/m1/s1. The molecule has 6 nitrogen and oxygen atoms in total. The number of Topliss-reactive ketones (excluding diaryl/α,β-unsaturated/α-hetero) is 1. The molecule has 0 aliphatic carbocycles. The molecule has 1 aliphatic heterocycles. The third-order valence-electron chi connectivity index (χ3n) is 4.88. The predicted molar refractivity (Wildman–Crippen MR) is 107 cm³/mol. The van der Waals surface area contributed by atoms with Crippen LogP contribution in [0.1, 0.15) is 27.1 Å². The summed E-state index contributed by atoms with van der Waals surface area (Å²) in [7, 11) is 0. The summed E-state index contributed by atoms with van der Waals surface area (Å²) in [6.45, 7) is 2.98. The van der Waals surface area contributed by atoms with Crippen LogP contribution in [0.15, 0.2) is 54.6 Å². The zero-order valence-corrected chi connectivity index (χ0v) is 16.2. The number of hydrogen-bond donors (Lipinski definition) is 0. The first-order valence-corrected chi connectivity index (χ1v) is 9.91.